The molecule has 0 fully saturated rings. The van der Waals surface area contributed by atoms with Gasteiger partial charge in [-0.1, -0.05) is 42.5 Å². The van der Waals surface area contributed by atoms with E-state index in [9.17, 15) is 5.11 Å². The molecular weight excluding hydrogens is 314 g/mol. The van der Waals surface area contributed by atoms with E-state index in [1.807, 2.05) is 61.6 Å². The number of ether oxygens (including phenoxy) is 2. The molecule has 0 spiro atoms. The van der Waals surface area contributed by atoms with Crippen molar-refractivity contribution < 1.29 is 14.6 Å². The van der Waals surface area contributed by atoms with Crippen LogP contribution in [0.5, 0.6) is 5.75 Å². The Kier molecular flexibility index (Phi) is 9.33. The molecular formula is C18H24ClNO3. The molecule has 0 saturated heterocycles. The quantitative estimate of drug-likeness (QED) is 0.691. The lowest BCUT2D eigenvalue weighted by Crippen LogP contribution is -2.16. The topological polar surface area (TPSA) is 50.7 Å². The number of nitrogens with one attached hydrogen (secondary N) is 1. The SMILES string of the molecule is CNCCOCC(O)c1ccc(OCc2ccccc2)cc1.Cl. The molecule has 0 radical (unpaired) electrons. The predicted octanol–water partition coefficient (Wildman–Crippen LogP) is 2.96. The van der Waals surface area contributed by atoms with Crippen LogP contribution in [0.2, 0.25) is 0 Å². The lowest BCUT2D eigenvalue weighted by atomic mass is 10.1. The molecule has 2 aromatic carbocycles. The van der Waals surface area contributed by atoms with Gasteiger partial charge in [-0.2, -0.15) is 0 Å². The van der Waals surface area contributed by atoms with E-state index < -0.39 is 6.10 Å². The summed E-state index contributed by atoms with van der Waals surface area (Å²) in [5.41, 5.74) is 1.96. The van der Waals surface area contributed by atoms with Crippen molar-refractivity contribution in [3.63, 3.8) is 0 Å². The molecule has 2 aromatic rings. The van der Waals surface area contributed by atoms with Gasteiger partial charge in [0.2, 0.25) is 0 Å². The number of likely N-dealkylation sites (N-methyl/N-ethyl adjacent to an activating group) is 1. The maximum atomic E-state index is 10.0. The zero-order valence-electron chi connectivity index (χ0n) is 13.3. The van der Waals surface area contributed by atoms with Crippen molar-refractivity contribution in [2.45, 2.75) is 12.7 Å². The maximum absolute atomic E-state index is 10.0. The number of benzene rings is 2. The Morgan fingerprint density at radius 1 is 1.04 bits per heavy atom. The molecule has 2 N–H and O–H groups in total. The van der Waals surface area contributed by atoms with Gasteiger partial charge in [-0.3, -0.25) is 0 Å². The van der Waals surface area contributed by atoms with Crippen molar-refractivity contribution in [3.05, 3.63) is 65.7 Å². The summed E-state index contributed by atoms with van der Waals surface area (Å²) < 4.78 is 11.1. The first-order chi connectivity index (χ1) is 10.8. The van der Waals surface area contributed by atoms with Crippen molar-refractivity contribution in [1.82, 2.24) is 5.32 Å². The summed E-state index contributed by atoms with van der Waals surface area (Å²) >= 11 is 0. The van der Waals surface area contributed by atoms with E-state index in [4.69, 9.17) is 9.47 Å². The van der Waals surface area contributed by atoms with Crippen LogP contribution in [0.25, 0.3) is 0 Å². The highest BCUT2D eigenvalue weighted by Gasteiger charge is 2.07. The number of halogens is 1. The third-order valence-corrected chi connectivity index (χ3v) is 3.29. The lowest BCUT2D eigenvalue weighted by molar-refractivity contribution is 0.0378. The molecule has 0 aliphatic heterocycles. The van der Waals surface area contributed by atoms with Crippen LogP contribution in [0.15, 0.2) is 54.6 Å². The van der Waals surface area contributed by atoms with Crippen LogP contribution in [-0.4, -0.2) is 31.9 Å². The van der Waals surface area contributed by atoms with Gasteiger partial charge in [-0.25, -0.2) is 0 Å². The van der Waals surface area contributed by atoms with Gasteiger partial charge in [-0.15, -0.1) is 12.4 Å². The molecule has 0 amide bonds. The van der Waals surface area contributed by atoms with Crippen LogP contribution in [-0.2, 0) is 11.3 Å². The zero-order valence-corrected chi connectivity index (χ0v) is 14.1. The molecule has 0 bridgehead atoms. The summed E-state index contributed by atoms with van der Waals surface area (Å²) in [4.78, 5) is 0. The number of hydrogen-bond acceptors (Lipinski definition) is 4. The standard InChI is InChI=1S/C18H23NO3.ClH/c1-19-11-12-21-14-18(20)16-7-9-17(10-8-16)22-13-15-5-3-2-4-6-15;/h2-10,18-20H,11-14H2,1H3;1H. The van der Waals surface area contributed by atoms with Crippen LogP contribution in [0.4, 0.5) is 0 Å². The number of hydrogen-bond donors (Lipinski definition) is 2. The molecule has 0 saturated carbocycles. The predicted molar refractivity (Wildman–Crippen MR) is 94.2 cm³/mol. The van der Waals surface area contributed by atoms with Gasteiger partial charge < -0.3 is 19.9 Å². The summed E-state index contributed by atoms with van der Waals surface area (Å²) in [5.74, 6) is 0.788. The van der Waals surface area contributed by atoms with Crippen molar-refractivity contribution in [3.8, 4) is 5.75 Å². The maximum Gasteiger partial charge on any atom is 0.119 e. The van der Waals surface area contributed by atoms with Crippen molar-refractivity contribution in [2.75, 3.05) is 26.8 Å². The van der Waals surface area contributed by atoms with E-state index >= 15 is 0 Å². The Bertz CT molecular complexity index is 534. The first-order valence-electron chi connectivity index (χ1n) is 7.46. The van der Waals surface area contributed by atoms with E-state index in [0.29, 0.717) is 19.8 Å². The molecule has 1 unspecified atom stereocenters. The molecule has 0 aliphatic rings. The fraction of sp³-hybridized carbons (Fsp3) is 0.333. The molecule has 0 aliphatic carbocycles. The smallest absolute Gasteiger partial charge is 0.119 e. The summed E-state index contributed by atoms with van der Waals surface area (Å²) in [6, 6.07) is 17.5. The Balaban J connectivity index is 0.00000264. The van der Waals surface area contributed by atoms with E-state index in [0.717, 1.165) is 23.4 Å². The highest BCUT2D eigenvalue weighted by molar-refractivity contribution is 5.85. The fourth-order valence-corrected chi connectivity index (χ4v) is 1.99. The van der Waals surface area contributed by atoms with Gasteiger partial charge in [0, 0.05) is 6.54 Å². The van der Waals surface area contributed by atoms with Crippen molar-refractivity contribution in [2.24, 2.45) is 0 Å². The highest BCUT2D eigenvalue weighted by atomic mass is 35.5. The summed E-state index contributed by atoms with van der Waals surface area (Å²) in [5, 5.41) is 13.0. The average Bonchev–Trinajstić information content (AvgIpc) is 2.58. The van der Waals surface area contributed by atoms with Gasteiger partial charge in [0.15, 0.2) is 0 Å². The van der Waals surface area contributed by atoms with Crippen LogP contribution in [0, 0.1) is 0 Å². The largest absolute Gasteiger partial charge is 0.489 e. The van der Waals surface area contributed by atoms with Crippen LogP contribution >= 0.6 is 12.4 Å². The number of rotatable bonds is 9. The van der Waals surface area contributed by atoms with Gasteiger partial charge in [0.05, 0.1) is 13.2 Å². The highest BCUT2D eigenvalue weighted by Crippen LogP contribution is 2.19. The van der Waals surface area contributed by atoms with E-state index in [1.165, 1.54) is 0 Å². The van der Waals surface area contributed by atoms with Crippen LogP contribution < -0.4 is 10.1 Å². The Hall–Kier alpha value is -1.59. The monoisotopic (exact) mass is 337 g/mol. The first kappa shape index (κ1) is 19.5. The normalized spacial score (nSPS) is 11.6. The van der Waals surface area contributed by atoms with Gasteiger partial charge in [-0.05, 0) is 30.3 Å². The molecule has 0 aromatic heterocycles. The second-order valence-electron chi connectivity index (χ2n) is 5.04. The average molecular weight is 338 g/mol. The van der Waals surface area contributed by atoms with Crippen molar-refractivity contribution in [1.29, 1.82) is 0 Å². The molecule has 126 valence electrons. The second kappa shape index (κ2) is 11.0. The fourth-order valence-electron chi connectivity index (χ4n) is 1.99. The minimum Gasteiger partial charge on any atom is -0.489 e. The summed E-state index contributed by atoms with van der Waals surface area (Å²) in [6.45, 7) is 2.20. The van der Waals surface area contributed by atoms with Crippen molar-refractivity contribution >= 4 is 12.4 Å². The molecule has 0 heterocycles. The lowest BCUT2D eigenvalue weighted by Gasteiger charge is -2.12. The third-order valence-electron chi connectivity index (χ3n) is 3.29. The Morgan fingerprint density at radius 2 is 1.74 bits per heavy atom. The molecule has 5 heteroatoms. The zero-order chi connectivity index (χ0) is 15.6. The van der Waals surface area contributed by atoms with Crippen LogP contribution in [0.3, 0.4) is 0 Å². The molecule has 23 heavy (non-hydrogen) atoms. The molecule has 2 rings (SSSR count). The minimum atomic E-state index is -0.611. The van der Waals surface area contributed by atoms with Crippen LogP contribution in [0.1, 0.15) is 17.2 Å². The molecule has 1 atom stereocenters. The number of aliphatic hydroxyl groups excluding tert-OH is 1. The minimum absolute atomic E-state index is 0. The Morgan fingerprint density at radius 3 is 2.39 bits per heavy atom. The Labute approximate surface area is 143 Å². The summed E-state index contributed by atoms with van der Waals surface area (Å²) in [6.07, 6.45) is -0.611. The van der Waals surface area contributed by atoms with E-state index in [2.05, 4.69) is 5.32 Å². The second-order valence-corrected chi connectivity index (χ2v) is 5.04. The van der Waals surface area contributed by atoms with Gasteiger partial charge in [0.1, 0.15) is 18.5 Å². The number of aliphatic hydroxyl groups is 1. The van der Waals surface area contributed by atoms with Gasteiger partial charge in [0.25, 0.3) is 0 Å². The van der Waals surface area contributed by atoms with E-state index in [-0.39, 0.29) is 12.4 Å². The van der Waals surface area contributed by atoms with E-state index in [1.54, 1.807) is 0 Å². The first-order valence-corrected chi connectivity index (χ1v) is 7.46. The third kappa shape index (κ3) is 7.01. The molecule has 4 nitrogen and oxygen atoms in total. The van der Waals surface area contributed by atoms with Gasteiger partial charge >= 0.3 is 0 Å². The summed E-state index contributed by atoms with van der Waals surface area (Å²) in [7, 11) is 1.87.